The number of aromatic nitrogens is 2. The summed E-state index contributed by atoms with van der Waals surface area (Å²) in [5.41, 5.74) is 0.986. The normalized spacial score (nSPS) is 27.2. The maximum absolute atomic E-state index is 12.4. The van der Waals surface area contributed by atoms with Crippen molar-refractivity contribution in [3.05, 3.63) is 11.8 Å². The van der Waals surface area contributed by atoms with Gasteiger partial charge in [0.15, 0.2) is 9.84 Å². The summed E-state index contributed by atoms with van der Waals surface area (Å²) in [7, 11) is -2.99. The Morgan fingerprint density at radius 1 is 1.31 bits per heavy atom. The maximum Gasteiger partial charge on any atom is 0.225 e. The standard InChI is InChI=1S/C17H26N4O3S.ClH/c22-17(4-1-12-5-7-18-10-12)19-16-9-15(13-2-3-13)20-21(16)14-6-8-25(23,24)11-14;/h9,12-14,18H,1-8,10-11H2,(H,19,22);1H. The lowest BCUT2D eigenvalue weighted by molar-refractivity contribution is -0.116. The van der Waals surface area contributed by atoms with Gasteiger partial charge in [0.05, 0.1) is 23.2 Å². The number of carbonyl (C=O) groups is 1. The first-order valence-electron chi connectivity index (χ1n) is 9.30. The Bertz CT molecular complexity index is 754. The van der Waals surface area contributed by atoms with E-state index in [-0.39, 0.29) is 35.9 Å². The Morgan fingerprint density at radius 3 is 2.73 bits per heavy atom. The molecule has 1 aliphatic carbocycles. The Morgan fingerprint density at radius 2 is 2.12 bits per heavy atom. The van der Waals surface area contributed by atoms with E-state index < -0.39 is 9.84 Å². The molecule has 0 radical (unpaired) electrons. The minimum Gasteiger partial charge on any atom is -0.316 e. The predicted molar refractivity (Wildman–Crippen MR) is 103 cm³/mol. The van der Waals surface area contributed by atoms with Gasteiger partial charge in [0.1, 0.15) is 5.82 Å². The summed E-state index contributed by atoms with van der Waals surface area (Å²) in [6.07, 6.45) is 5.35. The molecule has 3 fully saturated rings. The maximum atomic E-state index is 12.4. The van der Waals surface area contributed by atoms with Gasteiger partial charge in [-0.2, -0.15) is 5.10 Å². The van der Waals surface area contributed by atoms with E-state index >= 15 is 0 Å². The molecule has 1 aromatic heterocycles. The van der Waals surface area contributed by atoms with Crippen LogP contribution in [0.3, 0.4) is 0 Å². The second-order valence-corrected chi connectivity index (χ2v) is 9.90. The van der Waals surface area contributed by atoms with Crippen molar-refractivity contribution in [3.63, 3.8) is 0 Å². The van der Waals surface area contributed by atoms with Crippen LogP contribution in [0.5, 0.6) is 0 Å². The molecule has 1 amide bonds. The zero-order valence-electron chi connectivity index (χ0n) is 14.8. The fourth-order valence-corrected chi connectivity index (χ4v) is 5.53. The van der Waals surface area contributed by atoms with E-state index in [1.165, 1.54) is 0 Å². The van der Waals surface area contributed by atoms with Crippen LogP contribution in [0.4, 0.5) is 5.82 Å². The molecule has 146 valence electrons. The number of anilines is 1. The van der Waals surface area contributed by atoms with Crippen LogP contribution in [0, 0.1) is 5.92 Å². The van der Waals surface area contributed by atoms with Gasteiger partial charge in [-0.05, 0) is 51.1 Å². The fourth-order valence-electron chi connectivity index (χ4n) is 3.83. The van der Waals surface area contributed by atoms with Crippen molar-refractivity contribution < 1.29 is 13.2 Å². The van der Waals surface area contributed by atoms with Crippen LogP contribution in [-0.4, -0.2) is 48.7 Å². The van der Waals surface area contributed by atoms with Crippen LogP contribution in [0.2, 0.25) is 0 Å². The molecule has 2 aliphatic heterocycles. The van der Waals surface area contributed by atoms with Gasteiger partial charge in [-0.15, -0.1) is 12.4 Å². The summed E-state index contributed by atoms with van der Waals surface area (Å²) in [5.74, 6) is 2.04. The molecule has 1 aromatic rings. The second kappa shape index (κ2) is 7.86. The number of carbonyl (C=O) groups excluding carboxylic acids is 1. The highest BCUT2D eigenvalue weighted by Gasteiger charge is 2.34. The third kappa shape index (κ3) is 4.58. The van der Waals surface area contributed by atoms with E-state index in [0.29, 0.717) is 30.5 Å². The number of sulfone groups is 1. The van der Waals surface area contributed by atoms with E-state index in [0.717, 1.165) is 44.5 Å². The van der Waals surface area contributed by atoms with Crippen LogP contribution in [0.25, 0.3) is 0 Å². The number of rotatable bonds is 6. The van der Waals surface area contributed by atoms with Gasteiger partial charge < -0.3 is 10.6 Å². The van der Waals surface area contributed by atoms with E-state index in [1.54, 1.807) is 4.68 Å². The van der Waals surface area contributed by atoms with Crippen LogP contribution in [0.15, 0.2) is 6.07 Å². The Labute approximate surface area is 160 Å². The number of hydrogen-bond acceptors (Lipinski definition) is 5. The first-order valence-corrected chi connectivity index (χ1v) is 11.1. The Hall–Kier alpha value is -1.12. The lowest BCUT2D eigenvalue weighted by Gasteiger charge is -2.14. The summed E-state index contributed by atoms with van der Waals surface area (Å²) in [6.45, 7) is 2.04. The van der Waals surface area contributed by atoms with Crippen LogP contribution in [-0.2, 0) is 14.6 Å². The van der Waals surface area contributed by atoms with E-state index in [9.17, 15) is 13.2 Å². The third-order valence-electron chi connectivity index (χ3n) is 5.51. The lowest BCUT2D eigenvalue weighted by atomic mass is 10.0. The number of nitrogens with zero attached hydrogens (tertiary/aromatic N) is 2. The van der Waals surface area contributed by atoms with Crippen molar-refractivity contribution in [1.82, 2.24) is 15.1 Å². The van der Waals surface area contributed by atoms with Crippen molar-refractivity contribution in [2.75, 3.05) is 29.9 Å². The largest absolute Gasteiger partial charge is 0.316 e. The molecular formula is C17H27ClN4O3S. The number of nitrogens with one attached hydrogen (secondary N) is 2. The quantitative estimate of drug-likeness (QED) is 0.757. The molecule has 2 N–H and O–H groups in total. The molecule has 7 nitrogen and oxygen atoms in total. The Kier molecular flexibility index (Phi) is 5.94. The number of hydrogen-bond donors (Lipinski definition) is 2. The first kappa shape index (κ1) is 19.6. The van der Waals surface area contributed by atoms with Gasteiger partial charge in [-0.1, -0.05) is 0 Å². The van der Waals surface area contributed by atoms with Crippen molar-refractivity contribution in [2.45, 2.75) is 50.5 Å². The highest BCUT2D eigenvalue weighted by Crippen LogP contribution is 2.41. The van der Waals surface area contributed by atoms with Crippen LogP contribution >= 0.6 is 12.4 Å². The van der Waals surface area contributed by atoms with E-state index in [2.05, 4.69) is 15.7 Å². The molecule has 9 heteroatoms. The van der Waals surface area contributed by atoms with Gasteiger partial charge in [-0.3, -0.25) is 4.79 Å². The highest BCUT2D eigenvalue weighted by atomic mass is 35.5. The van der Waals surface area contributed by atoms with Gasteiger partial charge >= 0.3 is 0 Å². The monoisotopic (exact) mass is 402 g/mol. The minimum absolute atomic E-state index is 0. The zero-order valence-corrected chi connectivity index (χ0v) is 16.4. The molecule has 4 rings (SSSR count). The average molecular weight is 403 g/mol. The van der Waals surface area contributed by atoms with Crippen molar-refractivity contribution in [1.29, 1.82) is 0 Å². The molecule has 26 heavy (non-hydrogen) atoms. The van der Waals surface area contributed by atoms with Gasteiger partial charge in [0.25, 0.3) is 0 Å². The molecule has 3 aliphatic rings. The lowest BCUT2D eigenvalue weighted by Crippen LogP contribution is -2.20. The molecule has 0 aromatic carbocycles. The predicted octanol–water partition coefficient (Wildman–Crippen LogP) is 1.87. The molecule has 2 atom stereocenters. The second-order valence-electron chi connectivity index (χ2n) is 7.68. The molecule has 1 saturated carbocycles. The molecule has 0 spiro atoms. The Balaban J connectivity index is 0.00000196. The summed E-state index contributed by atoms with van der Waals surface area (Å²) >= 11 is 0. The van der Waals surface area contributed by atoms with Crippen molar-refractivity contribution in [3.8, 4) is 0 Å². The molecular weight excluding hydrogens is 376 g/mol. The highest BCUT2D eigenvalue weighted by molar-refractivity contribution is 7.91. The SMILES string of the molecule is Cl.O=C(CCC1CCNC1)Nc1cc(C2CC2)nn1C1CCS(=O)(=O)C1. The first-order chi connectivity index (χ1) is 12.0. The fraction of sp³-hybridized carbons (Fsp3) is 0.765. The number of halogens is 1. The molecule has 2 saturated heterocycles. The zero-order chi connectivity index (χ0) is 17.4. The van der Waals surface area contributed by atoms with Gasteiger partial charge in [-0.25, -0.2) is 13.1 Å². The topological polar surface area (TPSA) is 93.1 Å². The summed E-state index contributed by atoms with van der Waals surface area (Å²) < 4.78 is 25.4. The third-order valence-corrected chi connectivity index (χ3v) is 7.26. The molecule has 0 bridgehead atoms. The van der Waals surface area contributed by atoms with Crippen LogP contribution < -0.4 is 10.6 Å². The summed E-state index contributed by atoms with van der Waals surface area (Å²) in [5, 5.41) is 10.9. The van der Waals surface area contributed by atoms with Gasteiger partial charge in [0.2, 0.25) is 5.91 Å². The van der Waals surface area contributed by atoms with E-state index in [1.807, 2.05) is 6.07 Å². The summed E-state index contributed by atoms with van der Waals surface area (Å²) in [4.78, 5) is 12.4. The molecule has 2 unspecified atom stereocenters. The van der Waals surface area contributed by atoms with Crippen molar-refractivity contribution in [2.24, 2.45) is 5.92 Å². The number of amides is 1. The molecule has 3 heterocycles. The van der Waals surface area contributed by atoms with Crippen molar-refractivity contribution >= 4 is 34.0 Å². The van der Waals surface area contributed by atoms with Crippen LogP contribution in [0.1, 0.15) is 56.2 Å². The van der Waals surface area contributed by atoms with Gasteiger partial charge in [0, 0.05) is 18.4 Å². The minimum atomic E-state index is -2.99. The van der Waals surface area contributed by atoms with E-state index in [4.69, 9.17) is 0 Å². The smallest absolute Gasteiger partial charge is 0.225 e. The summed E-state index contributed by atoms with van der Waals surface area (Å²) in [6, 6.07) is 1.78. The average Bonchev–Trinajstić information content (AvgIpc) is 2.97.